The highest BCUT2D eigenvalue weighted by atomic mass is 16.6. The number of pyridine rings is 1. The molecule has 0 spiro atoms. The molecule has 4 heteroatoms. The smallest absolute Gasteiger partial charge is 0.415 e. The lowest BCUT2D eigenvalue weighted by Crippen LogP contribution is -2.37. The lowest BCUT2D eigenvalue weighted by molar-refractivity contribution is 0.177. The van der Waals surface area contributed by atoms with Gasteiger partial charge in [-0.25, -0.2) is 9.78 Å². The summed E-state index contributed by atoms with van der Waals surface area (Å²) in [5.74, 6) is 1.70. The molecule has 0 unspecified atom stereocenters. The van der Waals surface area contributed by atoms with Gasteiger partial charge in [0.15, 0.2) is 0 Å². The molecule has 20 heavy (non-hydrogen) atoms. The van der Waals surface area contributed by atoms with Crippen molar-refractivity contribution in [2.75, 3.05) is 11.5 Å². The molecule has 1 aliphatic heterocycles. The van der Waals surface area contributed by atoms with Crippen LogP contribution in [0.2, 0.25) is 0 Å². The molecule has 4 nitrogen and oxygen atoms in total. The van der Waals surface area contributed by atoms with E-state index in [4.69, 9.17) is 4.74 Å². The molecule has 0 saturated carbocycles. The molecule has 1 aromatic heterocycles. The molecule has 1 saturated heterocycles. The predicted molar refractivity (Wildman–Crippen MR) is 79.8 cm³/mol. The Bertz CT molecular complexity index is 456. The Morgan fingerprint density at radius 3 is 2.70 bits per heavy atom. The van der Waals surface area contributed by atoms with E-state index in [1.165, 1.54) is 5.56 Å². The average Bonchev–Trinajstić information content (AvgIpc) is 2.81. The first-order valence-electron chi connectivity index (χ1n) is 7.43. The van der Waals surface area contributed by atoms with E-state index in [9.17, 15) is 4.79 Å². The topological polar surface area (TPSA) is 42.4 Å². The van der Waals surface area contributed by atoms with Crippen LogP contribution in [0.25, 0.3) is 0 Å². The molecule has 1 fully saturated rings. The zero-order valence-electron chi connectivity index (χ0n) is 12.8. The highest BCUT2D eigenvalue weighted by Gasteiger charge is 2.36. The number of cyclic esters (lactones) is 1. The van der Waals surface area contributed by atoms with Crippen molar-refractivity contribution >= 4 is 11.9 Å². The van der Waals surface area contributed by atoms with Gasteiger partial charge in [0.1, 0.15) is 12.4 Å². The summed E-state index contributed by atoms with van der Waals surface area (Å²) in [5.41, 5.74) is 1.22. The van der Waals surface area contributed by atoms with Crippen LogP contribution in [0.1, 0.15) is 39.7 Å². The first-order valence-corrected chi connectivity index (χ1v) is 7.43. The van der Waals surface area contributed by atoms with Crippen molar-refractivity contribution in [3.8, 4) is 0 Å². The van der Waals surface area contributed by atoms with Crippen molar-refractivity contribution in [3.05, 3.63) is 23.9 Å². The Balaban J connectivity index is 2.14. The first-order chi connectivity index (χ1) is 9.52. The summed E-state index contributed by atoms with van der Waals surface area (Å²) in [6, 6.07) is 4.08. The number of rotatable bonds is 5. The number of hydrogen-bond acceptors (Lipinski definition) is 3. The van der Waals surface area contributed by atoms with Crippen molar-refractivity contribution < 1.29 is 9.53 Å². The fourth-order valence-electron chi connectivity index (χ4n) is 2.42. The zero-order valence-corrected chi connectivity index (χ0v) is 12.8. The molecule has 1 aliphatic rings. The SMILES string of the molecule is CC[C@H](C)Cc1ccc(N2C(=O)OC[C@H]2C(C)C)nc1. The molecule has 2 atom stereocenters. The Morgan fingerprint density at radius 1 is 1.40 bits per heavy atom. The van der Waals surface area contributed by atoms with E-state index in [0.29, 0.717) is 24.3 Å². The normalized spacial score (nSPS) is 20.4. The number of aromatic nitrogens is 1. The van der Waals surface area contributed by atoms with Gasteiger partial charge in [0.05, 0.1) is 6.04 Å². The van der Waals surface area contributed by atoms with Gasteiger partial charge in [-0.05, 0) is 29.9 Å². The highest BCUT2D eigenvalue weighted by molar-refractivity contribution is 5.89. The monoisotopic (exact) mass is 276 g/mol. The van der Waals surface area contributed by atoms with E-state index in [0.717, 1.165) is 12.8 Å². The van der Waals surface area contributed by atoms with Gasteiger partial charge in [0.2, 0.25) is 0 Å². The molecule has 0 aromatic carbocycles. The molecular weight excluding hydrogens is 252 g/mol. The predicted octanol–water partition coefficient (Wildman–Crippen LogP) is 3.65. The second-order valence-electron chi connectivity index (χ2n) is 6.00. The van der Waals surface area contributed by atoms with Crippen LogP contribution in [0.5, 0.6) is 0 Å². The molecule has 0 aliphatic carbocycles. The minimum absolute atomic E-state index is 0.0791. The number of carbonyl (C=O) groups excluding carboxylic acids is 1. The number of carbonyl (C=O) groups is 1. The zero-order chi connectivity index (χ0) is 14.7. The highest BCUT2D eigenvalue weighted by Crippen LogP contribution is 2.25. The summed E-state index contributed by atoms with van der Waals surface area (Å²) in [6.07, 6.45) is 3.79. The maximum atomic E-state index is 11.9. The third-order valence-electron chi connectivity index (χ3n) is 4.01. The van der Waals surface area contributed by atoms with Crippen molar-refractivity contribution in [3.63, 3.8) is 0 Å². The molecule has 110 valence electrons. The van der Waals surface area contributed by atoms with Crippen LogP contribution in [0.15, 0.2) is 18.3 Å². The molecule has 0 bridgehead atoms. The number of ether oxygens (including phenoxy) is 1. The van der Waals surface area contributed by atoms with Crippen LogP contribution in [0, 0.1) is 11.8 Å². The van der Waals surface area contributed by atoms with Gasteiger partial charge < -0.3 is 4.74 Å². The Morgan fingerprint density at radius 2 is 2.15 bits per heavy atom. The molecule has 1 aromatic rings. The van der Waals surface area contributed by atoms with Crippen LogP contribution in [0.4, 0.5) is 10.6 Å². The minimum Gasteiger partial charge on any atom is -0.447 e. The quantitative estimate of drug-likeness (QED) is 0.824. The largest absolute Gasteiger partial charge is 0.447 e. The fraction of sp³-hybridized carbons (Fsp3) is 0.625. The first kappa shape index (κ1) is 14.8. The second kappa shape index (κ2) is 6.25. The van der Waals surface area contributed by atoms with E-state index in [1.807, 2.05) is 12.3 Å². The van der Waals surface area contributed by atoms with E-state index in [2.05, 4.69) is 38.7 Å². The third kappa shape index (κ3) is 3.11. The van der Waals surface area contributed by atoms with Crippen molar-refractivity contribution in [2.24, 2.45) is 11.8 Å². The molecule has 2 rings (SSSR count). The average molecular weight is 276 g/mol. The van der Waals surface area contributed by atoms with Crippen LogP contribution in [-0.2, 0) is 11.2 Å². The van der Waals surface area contributed by atoms with Gasteiger partial charge in [-0.2, -0.15) is 0 Å². The third-order valence-corrected chi connectivity index (χ3v) is 4.01. The number of anilines is 1. The Labute approximate surface area is 121 Å². The lowest BCUT2D eigenvalue weighted by Gasteiger charge is -2.23. The van der Waals surface area contributed by atoms with Crippen LogP contribution < -0.4 is 4.90 Å². The van der Waals surface area contributed by atoms with Gasteiger partial charge in [-0.1, -0.05) is 40.2 Å². The van der Waals surface area contributed by atoms with Crippen molar-refractivity contribution in [2.45, 2.75) is 46.6 Å². The van der Waals surface area contributed by atoms with Crippen molar-refractivity contribution in [1.82, 2.24) is 4.98 Å². The summed E-state index contributed by atoms with van der Waals surface area (Å²) in [6.45, 7) is 9.07. The van der Waals surface area contributed by atoms with E-state index in [1.54, 1.807) is 4.90 Å². The summed E-state index contributed by atoms with van der Waals surface area (Å²) in [5, 5.41) is 0. The van der Waals surface area contributed by atoms with Gasteiger partial charge in [0, 0.05) is 6.20 Å². The maximum Gasteiger partial charge on any atom is 0.415 e. The second-order valence-corrected chi connectivity index (χ2v) is 6.00. The van der Waals surface area contributed by atoms with Gasteiger partial charge >= 0.3 is 6.09 Å². The number of nitrogens with zero attached hydrogens (tertiary/aromatic N) is 2. The van der Waals surface area contributed by atoms with Crippen LogP contribution in [-0.4, -0.2) is 23.7 Å². The van der Waals surface area contributed by atoms with Gasteiger partial charge in [-0.15, -0.1) is 0 Å². The van der Waals surface area contributed by atoms with Crippen LogP contribution in [0.3, 0.4) is 0 Å². The van der Waals surface area contributed by atoms with Crippen LogP contribution >= 0.6 is 0 Å². The molecule has 1 amide bonds. The van der Waals surface area contributed by atoms with E-state index in [-0.39, 0.29) is 12.1 Å². The Hall–Kier alpha value is -1.58. The van der Waals surface area contributed by atoms with E-state index < -0.39 is 0 Å². The minimum atomic E-state index is -0.286. The molecule has 0 N–H and O–H groups in total. The fourth-order valence-corrected chi connectivity index (χ4v) is 2.42. The van der Waals surface area contributed by atoms with Gasteiger partial charge in [-0.3, -0.25) is 4.90 Å². The number of hydrogen-bond donors (Lipinski definition) is 0. The maximum absolute atomic E-state index is 11.9. The molecule has 0 radical (unpaired) electrons. The lowest BCUT2D eigenvalue weighted by atomic mass is 10.00. The van der Waals surface area contributed by atoms with Gasteiger partial charge in [0.25, 0.3) is 0 Å². The summed E-state index contributed by atoms with van der Waals surface area (Å²) in [7, 11) is 0. The summed E-state index contributed by atoms with van der Waals surface area (Å²) >= 11 is 0. The molecular formula is C16H24N2O2. The van der Waals surface area contributed by atoms with E-state index >= 15 is 0 Å². The standard InChI is InChI=1S/C16H24N2O2/c1-5-12(4)8-13-6-7-15(17-9-13)18-14(11(2)3)10-20-16(18)19/h6-7,9,11-12,14H,5,8,10H2,1-4H3/t12-,14-/m0/s1. The summed E-state index contributed by atoms with van der Waals surface area (Å²) < 4.78 is 5.15. The van der Waals surface area contributed by atoms with Crippen molar-refractivity contribution in [1.29, 1.82) is 0 Å². The molecule has 2 heterocycles. The Kier molecular flexibility index (Phi) is 4.63. The number of amides is 1. The summed E-state index contributed by atoms with van der Waals surface area (Å²) in [4.78, 5) is 18.0.